The molecule has 0 spiro atoms. The Morgan fingerprint density at radius 3 is 2.63 bits per heavy atom. The number of nitrogens with one attached hydrogen (secondary N) is 1. The van der Waals surface area contributed by atoms with Crippen LogP contribution in [0.1, 0.15) is 53.6 Å². The molecule has 0 radical (unpaired) electrons. The number of aryl methyl sites for hydroxylation is 2. The molecular weight excluding hydrogens is 340 g/mol. The highest BCUT2D eigenvalue weighted by Crippen LogP contribution is 2.41. The summed E-state index contributed by atoms with van der Waals surface area (Å²) in [5, 5.41) is 5.16. The first-order chi connectivity index (χ1) is 13.1. The number of aromatic nitrogens is 4. The van der Waals surface area contributed by atoms with Gasteiger partial charge in [-0.1, -0.05) is 12.1 Å². The Morgan fingerprint density at radius 1 is 1.19 bits per heavy atom. The Bertz CT molecular complexity index is 1100. The molecule has 6 nitrogen and oxygen atoms in total. The molecule has 1 N–H and O–H groups in total. The van der Waals surface area contributed by atoms with Gasteiger partial charge >= 0.3 is 0 Å². The third-order valence-corrected chi connectivity index (χ3v) is 5.50. The molecule has 3 heterocycles. The summed E-state index contributed by atoms with van der Waals surface area (Å²) in [6.07, 6.45) is 8.75. The van der Waals surface area contributed by atoms with Gasteiger partial charge in [-0.3, -0.25) is 4.79 Å². The van der Waals surface area contributed by atoms with Crippen molar-refractivity contribution in [3.8, 4) is 5.69 Å². The van der Waals surface area contributed by atoms with E-state index in [1.807, 2.05) is 6.08 Å². The van der Waals surface area contributed by atoms with Crippen molar-refractivity contribution in [1.29, 1.82) is 0 Å². The molecule has 138 valence electrons. The molecule has 1 fully saturated rings. The standard InChI is InChI=1S/C21H22N4O2/c1-12-9-16(14-3-4-14)10-13(2)18(12)25-11-17-20(24-25)22-19(23-21(17)26)15-5-7-27-8-6-15/h5,7,9-11,14-15H,3-4,6,8H2,1-2H3,(H,22,23,24,26). The first-order valence-electron chi connectivity index (χ1n) is 9.49. The molecule has 5 rings (SSSR count). The number of aromatic amines is 1. The zero-order chi connectivity index (χ0) is 18.5. The van der Waals surface area contributed by atoms with Crippen LogP contribution in [0.15, 0.2) is 35.5 Å². The molecule has 1 saturated carbocycles. The van der Waals surface area contributed by atoms with E-state index < -0.39 is 0 Å². The summed E-state index contributed by atoms with van der Waals surface area (Å²) < 4.78 is 7.04. The quantitative estimate of drug-likeness (QED) is 0.772. The summed E-state index contributed by atoms with van der Waals surface area (Å²) in [4.78, 5) is 20.2. The Hall–Kier alpha value is -2.89. The van der Waals surface area contributed by atoms with Gasteiger partial charge in [-0.15, -0.1) is 5.10 Å². The highest BCUT2D eigenvalue weighted by atomic mass is 16.5. The van der Waals surface area contributed by atoms with E-state index in [1.54, 1.807) is 17.1 Å². The Balaban J connectivity index is 1.61. The van der Waals surface area contributed by atoms with E-state index in [0.717, 1.165) is 12.1 Å². The molecular formula is C21H22N4O2. The maximum Gasteiger partial charge on any atom is 0.262 e. The first kappa shape index (κ1) is 16.3. The molecule has 27 heavy (non-hydrogen) atoms. The number of benzene rings is 1. The van der Waals surface area contributed by atoms with Crippen LogP contribution in [-0.4, -0.2) is 26.4 Å². The number of nitrogens with zero attached hydrogens (tertiary/aromatic N) is 3. The summed E-state index contributed by atoms with van der Waals surface area (Å²) >= 11 is 0. The van der Waals surface area contributed by atoms with E-state index in [-0.39, 0.29) is 11.5 Å². The normalized spacial score (nSPS) is 19.4. The summed E-state index contributed by atoms with van der Waals surface area (Å²) in [6, 6.07) is 4.50. The van der Waals surface area contributed by atoms with E-state index in [2.05, 4.69) is 41.0 Å². The van der Waals surface area contributed by atoms with Gasteiger partial charge in [0.15, 0.2) is 5.65 Å². The summed E-state index contributed by atoms with van der Waals surface area (Å²) in [7, 11) is 0. The van der Waals surface area contributed by atoms with E-state index in [1.165, 1.54) is 29.5 Å². The van der Waals surface area contributed by atoms with Crippen molar-refractivity contribution >= 4 is 11.0 Å². The summed E-state index contributed by atoms with van der Waals surface area (Å²) in [5.41, 5.74) is 5.13. The SMILES string of the molecule is Cc1cc(C2CC2)cc(C)c1-n1cc2c(=O)[nH]c(C3C=COCC3)nc2n1. The van der Waals surface area contributed by atoms with Crippen LogP contribution in [0, 0.1) is 13.8 Å². The molecule has 1 aliphatic heterocycles. The van der Waals surface area contributed by atoms with Crippen LogP contribution < -0.4 is 5.56 Å². The maximum atomic E-state index is 12.6. The van der Waals surface area contributed by atoms with Gasteiger partial charge in [0, 0.05) is 12.1 Å². The van der Waals surface area contributed by atoms with Crippen molar-refractivity contribution in [3.05, 3.63) is 63.5 Å². The largest absolute Gasteiger partial charge is 0.501 e. The summed E-state index contributed by atoms with van der Waals surface area (Å²) in [5.74, 6) is 1.42. The second kappa shape index (κ2) is 6.08. The third kappa shape index (κ3) is 2.85. The van der Waals surface area contributed by atoms with Crippen molar-refractivity contribution in [2.24, 2.45) is 0 Å². The number of hydrogen-bond donors (Lipinski definition) is 1. The zero-order valence-corrected chi connectivity index (χ0v) is 15.5. The van der Waals surface area contributed by atoms with Crippen LogP contribution in [0.25, 0.3) is 16.7 Å². The molecule has 0 bridgehead atoms. The molecule has 2 aromatic heterocycles. The molecule has 1 aromatic carbocycles. The number of fused-ring (bicyclic) bond motifs is 1. The Labute approximate surface area is 156 Å². The molecule has 2 aliphatic rings. The lowest BCUT2D eigenvalue weighted by atomic mass is 10.0. The van der Waals surface area contributed by atoms with Gasteiger partial charge in [0.1, 0.15) is 11.2 Å². The lowest BCUT2D eigenvalue weighted by Crippen LogP contribution is -2.15. The van der Waals surface area contributed by atoms with Crippen LogP contribution in [-0.2, 0) is 4.74 Å². The van der Waals surface area contributed by atoms with Crippen molar-refractivity contribution in [1.82, 2.24) is 19.7 Å². The lowest BCUT2D eigenvalue weighted by molar-refractivity contribution is 0.221. The molecule has 0 amide bonds. The number of hydrogen-bond acceptors (Lipinski definition) is 4. The molecule has 0 saturated heterocycles. The topological polar surface area (TPSA) is 72.8 Å². The van der Waals surface area contributed by atoms with Gasteiger partial charge in [0.25, 0.3) is 5.56 Å². The molecule has 1 aliphatic carbocycles. The van der Waals surface area contributed by atoms with Gasteiger partial charge in [-0.05, 0) is 61.8 Å². The monoisotopic (exact) mass is 362 g/mol. The van der Waals surface area contributed by atoms with Crippen LogP contribution >= 0.6 is 0 Å². The van der Waals surface area contributed by atoms with Crippen LogP contribution in [0.2, 0.25) is 0 Å². The number of allylic oxidation sites excluding steroid dienone is 1. The maximum absolute atomic E-state index is 12.6. The van der Waals surface area contributed by atoms with Crippen molar-refractivity contribution in [3.63, 3.8) is 0 Å². The highest BCUT2D eigenvalue weighted by Gasteiger charge is 2.25. The average Bonchev–Trinajstić information content (AvgIpc) is 3.42. The van der Waals surface area contributed by atoms with E-state index >= 15 is 0 Å². The number of H-pyrrole nitrogens is 1. The average molecular weight is 362 g/mol. The minimum atomic E-state index is -0.147. The van der Waals surface area contributed by atoms with Crippen LogP contribution in [0.5, 0.6) is 0 Å². The minimum absolute atomic E-state index is 0.0577. The Kier molecular flexibility index (Phi) is 3.67. The zero-order valence-electron chi connectivity index (χ0n) is 15.5. The second-order valence-electron chi connectivity index (χ2n) is 7.63. The second-order valence-corrected chi connectivity index (χ2v) is 7.63. The fourth-order valence-electron chi connectivity index (χ4n) is 3.96. The van der Waals surface area contributed by atoms with Gasteiger partial charge in [-0.25, -0.2) is 9.67 Å². The number of ether oxygens (including phenoxy) is 1. The highest BCUT2D eigenvalue weighted by molar-refractivity contribution is 5.73. The lowest BCUT2D eigenvalue weighted by Gasteiger charge is -2.15. The van der Waals surface area contributed by atoms with Crippen molar-refractivity contribution in [2.75, 3.05) is 6.61 Å². The minimum Gasteiger partial charge on any atom is -0.501 e. The van der Waals surface area contributed by atoms with Crippen molar-refractivity contribution < 1.29 is 4.74 Å². The predicted molar refractivity (Wildman–Crippen MR) is 103 cm³/mol. The van der Waals surface area contributed by atoms with E-state index in [9.17, 15) is 4.79 Å². The van der Waals surface area contributed by atoms with Gasteiger partial charge < -0.3 is 9.72 Å². The van der Waals surface area contributed by atoms with E-state index in [0.29, 0.717) is 29.4 Å². The van der Waals surface area contributed by atoms with Gasteiger partial charge in [0.05, 0.1) is 18.6 Å². The fraction of sp³-hybridized carbons (Fsp3) is 0.381. The third-order valence-electron chi connectivity index (χ3n) is 5.50. The molecule has 3 aromatic rings. The molecule has 1 unspecified atom stereocenters. The van der Waals surface area contributed by atoms with Gasteiger partial charge in [0.2, 0.25) is 0 Å². The first-order valence-corrected chi connectivity index (χ1v) is 9.49. The Morgan fingerprint density at radius 2 is 1.96 bits per heavy atom. The van der Waals surface area contributed by atoms with Crippen molar-refractivity contribution in [2.45, 2.75) is 44.9 Å². The smallest absolute Gasteiger partial charge is 0.262 e. The van der Waals surface area contributed by atoms with E-state index in [4.69, 9.17) is 4.74 Å². The van der Waals surface area contributed by atoms with Crippen LogP contribution in [0.4, 0.5) is 0 Å². The summed E-state index contributed by atoms with van der Waals surface area (Å²) in [6.45, 7) is 4.84. The molecule has 1 atom stereocenters. The number of rotatable bonds is 3. The fourth-order valence-corrected chi connectivity index (χ4v) is 3.96. The molecule has 6 heteroatoms. The predicted octanol–water partition coefficient (Wildman–Crippen LogP) is 3.62. The van der Waals surface area contributed by atoms with Crippen LogP contribution in [0.3, 0.4) is 0 Å². The van der Waals surface area contributed by atoms with Gasteiger partial charge in [-0.2, -0.15) is 0 Å².